The Morgan fingerprint density at radius 1 is 1.21 bits per heavy atom. The summed E-state index contributed by atoms with van der Waals surface area (Å²) in [5.41, 5.74) is 1.10. The first-order chi connectivity index (χ1) is 8.97. The van der Waals surface area contributed by atoms with E-state index in [0.29, 0.717) is 12.8 Å². The highest BCUT2D eigenvalue weighted by atomic mass is 16.5. The van der Waals surface area contributed by atoms with E-state index in [9.17, 15) is 9.59 Å². The normalized spacial score (nSPS) is 11.9. The summed E-state index contributed by atoms with van der Waals surface area (Å²) >= 11 is 0. The fourth-order valence-corrected chi connectivity index (χ4v) is 1.67. The van der Waals surface area contributed by atoms with Gasteiger partial charge in [-0.2, -0.15) is 0 Å². The second-order valence-corrected chi connectivity index (χ2v) is 4.71. The molecule has 0 amide bonds. The van der Waals surface area contributed by atoms with E-state index in [1.165, 1.54) is 0 Å². The number of hydrogen-bond donors (Lipinski definition) is 1. The molecule has 0 aliphatic heterocycles. The van der Waals surface area contributed by atoms with Crippen LogP contribution in [0.1, 0.15) is 38.7 Å². The van der Waals surface area contributed by atoms with Crippen molar-refractivity contribution in [1.29, 1.82) is 0 Å². The minimum absolute atomic E-state index is 0.109. The van der Waals surface area contributed by atoms with Crippen LogP contribution >= 0.6 is 0 Å². The maximum atomic E-state index is 10.9. The van der Waals surface area contributed by atoms with Crippen molar-refractivity contribution < 1.29 is 19.4 Å². The van der Waals surface area contributed by atoms with Crippen LogP contribution in [0.25, 0.3) is 0 Å². The van der Waals surface area contributed by atoms with Crippen molar-refractivity contribution >= 4 is 11.8 Å². The third kappa shape index (κ3) is 6.60. The van der Waals surface area contributed by atoms with Gasteiger partial charge >= 0.3 is 5.97 Å². The quantitative estimate of drug-likeness (QED) is 0.784. The maximum Gasteiger partial charge on any atom is 0.303 e. The minimum atomic E-state index is -0.810. The lowest BCUT2D eigenvalue weighted by atomic mass is 10.1. The molecule has 0 fully saturated rings. The molecule has 0 radical (unpaired) electrons. The Morgan fingerprint density at radius 2 is 1.84 bits per heavy atom. The Balaban J connectivity index is 2.43. The number of benzene rings is 1. The van der Waals surface area contributed by atoms with E-state index in [-0.39, 0.29) is 18.3 Å². The summed E-state index contributed by atoms with van der Waals surface area (Å²) in [5, 5.41) is 8.59. The zero-order valence-corrected chi connectivity index (χ0v) is 11.4. The SMILES string of the molecule is CC(=O)CCc1ccc(OC(C)CCC(=O)O)cc1. The summed E-state index contributed by atoms with van der Waals surface area (Å²) in [5.74, 6) is 0.0992. The zero-order chi connectivity index (χ0) is 14.3. The lowest BCUT2D eigenvalue weighted by Gasteiger charge is -2.14. The number of aryl methyl sites for hydroxylation is 1. The summed E-state index contributed by atoms with van der Waals surface area (Å²) < 4.78 is 5.62. The van der Waals surface area contributed by atoms with Gasteiger partial charge in [0, 0.05) is 12.8 Å². The number of rotatable bonds is 8. The van der Waals surface area contributed by atoms with E-state index in [1.807, 2.05) is 31.2 Å². The summed E-state index contributed by atoms with van der Waals surface area (Å²) in [6.45, 7) is 3.44. The van der Waals surface area contributed by atoms with Crippen LogP contribution in [0.5, 0.6) is 5.75 Å². The van der Waals surface area contributed by atoms with Gasteiger partial charge in [0.05, 0.1) is 6.10 Å². The van der Waals surface area contributed by atoms with E-state index >= 15 is 0 Å². The molecule has 0 aliphatic carbocycles. The predicted molar refractivity (Wildman–Crippen MR) is 72.4 cm³/mol. The Hall–Kier alpha value is -1.84. The van der Waals surface area contributed by atoms with Gasteiger partial charge in [-0.25, -0.2) is 0 Å². The van der Waals surface area contributed by atoms with Gasteiger partial charge in [0.25, 0.3) is 0 Å². The van der Waals surface area contributed by atoms with E-state index in [4.69, 9.17) is 9.84 Å². The highest BCUT2D eigenvalue weighted by molar-refractivity contribution is 5.75. The van der Waals surface area contributed by atoms with Crippen LogP contribution in [0.4, 0.5) is 0 Å². The molecule has 0 aliphatic rings. The van der Waals surface area contributed by atoms with Crippen LogP contribution in [0, 0.1) is 0 Å². The molecular weight excluding hydrogens is 244 g/mol. The third-order valence-corrected chi connectivity index (χ3v) is 2.79. The molecule has 4 heteroatoms. The van der Waals surface area contributed by atoms with E-state index < -0.39 is 5.97 Å². The fraction of sp³-hybridized carbons (Fsp3) is 0.467. The molecule has 104 valence electrons. The summed E-state index contributed by atoms with van der Waals surface area (Å²) in [7, 11) is 0. The van der Waals surface area contributed by atoms with Gasteiger partial charge in [-0.1, -0.05) is 12.1 Å². The number of carbonyl (C=O) groups excluding carboxylic acids is 1. The first-order valence-electron chi connectivity index (χ1n) is 6.44. The maximum absolute atomic E-state index is 10.9. The smallest absolute Gasteiger partial charge is 0.303 e. The van der Waals surface area contributed by atoms with Gasteiger partial charge in [-0.15, -0.1) is 0 Å². The molecule has 0 heterocycles. The molecule has 1 unspecified atom stereocenters. The number of carboxylic acid groups (broad SMARTS) is 1. The second kappa shape index (κ2) is 7.56. The highest BCUT2D eigenvalue weighted by Gasteiger charge is 2.07. The van der Waals surface area contributed by atoms with Gasteiger partial charge < -0.3 is 14.6 Å². The molecule has 1 rings (SSSR count). The van der Waals surface area contributed by atoms with Crippen LogP contribution in [0.15, 0.2) is 24.3 Å². The average molecular weight is 264 g/mol. The van der Waals surface area contributed by atoms with Gasteiger partial charge in [0.15, 0.2) is 0 Å². The van der Waals surface area contributed by atoms with Crippen LogP contribution in [-0.2, 0) is 16.0 Å². The molecule has 19 heavy (non-hydrogen) atoms. The first kappa shape index (κ1) is 15.2. The molecular formula is C15H20O4. The van der Waals surface area contributed by atoms with Gasteiger partial charge in [0.2, 0.25) is 0 Å². The Labute approximate surface area is 113 Å². The van der Waals surface area contributed by atoms with Crippen molar-refractivity contribution in [3.05, 3.63) is 29.8 Å². The van der Waals surface area contributed by atoms with E-state index in [1.54, 1.807) is 6.92 Å². The molecule has 1 aromatic carbocycles. The number of Topliss-reactive ketones (excluding diaryl/α,β-unsaturated/α-hetero) is 1. The largest absolute Gasteiger partial charge is 0.491 e. The number of ether oxygens (including phenoxy) is 1. The second-order valence-electron chi connectivity index (χ2n) is 4.71. The lowest BCUT2D eigenvalue weighted by Crippen LogP contribution is -2.13. The van der Waals surface area contributed by atoms with Gasteiger partial charge in [-0.05, 0) is 44.4 Å². The van der Waals surface area contributed by atoms with Crippen molar-refractivity contribution in [2.45, 2.75) is 45.6 Å². The predicted octanol–water partition coefficient (Wildman–Crippen LogP) is 2.84. The Morgan fingerprint density at radius 3 is 2.37 bits per heavy atom. The van der Waals surface area contributed by atoms with E-state index in [2.05, 4.69) is 0 Å². The summed E-state index contributed by atoms with van der Waals surface area (Å²) in [6.07, 6.45) is 1.76. The molecule has 1 N–H and O–H groups in total. The number of hydrogen-bond acceptors (Lipinski definition) is 3. The van der Waals surface area contributed by atoms with Crippen molar-refractivity contribution in [2.75, 3.05) is 0 Å². The lowest BCUT2D eigenvalue weighted by molar-refractivity contribution is -0.137. The molecule has 0 spiro atoms. The van der Waals surface area contributed by atoms with Crippen molar-refractivity contribution in [2.24, 2.45) is 0 Å². The van der Waals surface area contributed by atoms with Crippen LogP contribution in [0.2, 0.25) is 0 Å². The zero-order valence-electron chi connectivity index (χ0n) is 11.4. The molecule has 1 atom stereocenters. The van der Waals surface area contributed by atoms with Gasteiger partial charge in [0.1, 0.15) is 11.5 Å². The number of carboxylic acids is 1. The van der Waals surface area contributed by atoms with Crippen molar-refractivity contribution in [3.8, 4) is 5.75 Å². The van der Waals surface area contributed by atoms with Crippen molar-refractivity contribution in [3.63, 3.8) is 0 Å². The first-order valence-corrected chi connectivity index (χ1v) is 6.44. The summed E-state index contributed by atoms with van der Waals surface area (Å²) in [6, 6.07) is 7.57. The average Bonchev–Trinajstić information content (AvgIpc) is 2.35. The minimum Gasteiger partial charge on any atom is -0.491 e. The monoisotopic (exact) mass is 264 g/mol. The van der Waals surface area contributed by atoms with Crippen LogP contribution < -0.4 is 4.74 Å². The van der Waals surface area contributed by atoms with Crippen LogP contribution in [-0.4, -0.2) is 23.0 Å². The van der Waals surface area contributed by atoms with E-state index in [0.717, 1.165) is 17.7 Å². The molecule has 1 aromatic rings. The highest BCUT2D eigenvalue weighted by Crippen LogP contribution is 2.16. The standard InChI is InChI=1S/C15H20O4/c1-11(16)3-5-13-6-8-14(9-7-13)19-12(2)4-10-15(17)18/h6-9,12H,3-5,10H2,1-2H3,(H,17,18). The topological polar surface area (TPSA) is 63.6 Å². The molecule has 0 saturated heterocycles. The molecule has 0 saturated carbocycles. The number of aliphatic carboxylic acids is 1. The van der Waals surface area contributed by atoms with Gasteiger partial charge in [-0.3, -0.25) is 4.79 Å². The number of carbonyl (C=O) groups is 2. The Kier molecular flexibility index (Phi) is 6.06. The molecule has 0 aromatic heterocycles. The van der Waals surface area contributed by atoms with Crippen LogP contribution in [0.3, 0.4) is 0 Å². The van der Waals surface area contributed by atoms with Crippen molar-refractivity contribution in [1.82, 2.24) is 0 Å². The fourth-order valence-electron chi connectivity index (χ4n) is 1.67. The number of ketones is 1. The Bertz CT molecular complexity index is 422. The molecule has 0 bridgehead atoms. The third-order valence-electron chi connectivity index (χ3n) is 2.79. The summed E-state index contributed by atoms with van der Waals surface area (Å²) in [4.78, 5) is 21.3. The molecule has 4 nitrogen and oxygen atoms in total.